The van der Waals surface area contributed by atoms with Crippen LogP contribution in [0.2, 0.25) is 0 Å². The Balaban J connectivity index is -0.000000314. The molecule has 4 heterocycles. The van der Waals surface area contributed by atoms with Crippen LogP contribution >= 0.6 is 0 Å². The van der Waals surface area contributed by atoms with Crippen LogP contribution in [0.15, 0.2) is 0 Å². The Morgan fingerprint density at radius 1 is 0.411 bits per heavy atom. The molecule has 4 rings (SSSR count). The van der Waals surface area contributed by atoms with Gasteiger partial charge in [0, 0.05) is 67.4 Å². The van der Waals surface area contributed by atoms with Gasteiger partial charge in [0.25, 0.3) is 0 Å². The van der Waals surface area contributed by atoms with Crippen molar-refractivity contribution in [2.45, 2.75) is 181 Å². The predicted octanol–water partition coefficient (Wildman–Crippen LogP) is 5.12. The number of aliphatic carboxylic acids is 4. The summed E-state index contributed by atoms with van der Waals surface area (Å²) in [6, 6.07) is 0. The molecule has 0 aromatic rings. The molecule has 4 aliphatic heterocycles. The first kappa shape index (κ1) is 61.2. The zero-order valence-corrected chi connectivity index (χ0v) is 37.6. The first-order valence-electron chi connectivity index (χ1n) is 17.7. The zero-order valence-electron chi connectivity index (χ0n) is 35.7. The van der Waals surface area contributed by atoms with Crippen molar-refractivity contribution < 1.29 is 95.1 Å². The summed E-state index contributed by atoms with van der Waals surface area (Å²) in [5.74, 6) is -4.14. The largest absolute Gasteiger partial charge is 0.870 e. The molecule has 2 radical (unpaired) electrons. The van der Waals surface area contributed by atoms with Crippen molar-refractivity contribution in [1.82, 2.24) is 20.3 Å². The predicted molar refractivity (Wildman–Crippen MR) is 205 cm³/mol. The number of carboxylic acids is 4. The molecule has 0 aromatic carbocycles. The van der Waals surface area contributed by atoms with Gasteiger partial charge in [-0.15, -0.1) is 0 Å². The third-order valence-corrected chi connectivity index (χ3v) is 11.9. The van der Waals surface area contributed by atoms with Gasteiger partial charge in [-0.05, 0) is 136 Å². The molecule has 18 nitrogen and oxygen atoms in total. The van der Waals surface area contributed by atoms with E-state index in [9.17, 15) is 20.8 Å². The molecular weight excluding hydrogens is 840 g/mol. The van der Waals surface area contributed by atoms with Crippen LogP contribution in [0, 0.1) is 34.1 Å². The van der Waals surface area contributed by atoms with E-state index in [4.69, 9.17) is 39.6 Å². The fourth-order valence-electron chi connectivity index (χ4n) is 8.66. The smallest absolute Gasteiger partial charge is 0.485 e. The number of rotatable bonds is 4. The summed E-state index contributed by atoms with van der Waals surface area (Å²) in [6.07, 6.45) is 2.04. The van der Waals surface area contributed by atoms with Crippen molar-refractivity contribution in [3.63, 3.8) is 0 Å². The minimum Gasteiger partial charge on any atom is -0.870 e. The van der Waals surface area contributed by atoms with Gasteiger partial charge in [-0.1, -0.05) is 0 Å². The molecule has 12 N–H and O–H groups in total. The number of aliphatic hydroxyl groups excluding tert-OH is 4. The molecular formula is C36H72Cu2N4O14. The van der Waals surface area contributed by atoms with E-state index in [1.54, 1.807) is 55.4 Å². The summed E-state index contributed by atoms with van der Waals surface area (Å²) in [5, 5.41) is 83.6. The van der Waals surface area contributed by atoms with Crippen LogP contribution in [0.5, 0.6) is 0 Å². The molecule has 0 amide bonds. The van der Waals surface area contributed by atoms with E-state index in [-0.39, 0.29) is 45.1 Å². The van der Waals surface area contributed by atoms with Gasteiger partial charge < -0.3 is 81.5 Å². The zero-order chi connectivity index (χ0) is 41.8. The molecule has 20 heteroatoms. The normalized spacial score (nSPS) is 29.6. The molecule has 4 saturated heterocycles. The third-order valence-electron chi connectivity index (χ3n) is 11.9. The van der Waals surface area contributed by atoms with Crippen molar-refractivity contribution in [3.8, 4) is 0 Å². The minimum absolute atomic E-state index is 0. The Hall–Kier alpha value is -1.48. The summed E-state index contributed by atoms with van der Waals surface area (Å²) in [7, 11) is 0. The molecule has 342 valence electrons. The van der Waals surface area contributed by atoms with Crippen LogP contribution in [0.1, 0.15) is 136 Å². The number of nitrogens with zero attached hydrogens (tertiary/aromatic N) is 4. The number of hydrogen-bond donors (Lipinski definition) is 6. The fraction of sp³-hybridized carbons (Fsp3) is 0.889. The van der Waals surface area contributed by atoms with Crippen LogP contribution in [-0.2, 0) is 34.1 Å². The molecule has 4 atom stereocenters. The van der Waals surface area contributed by atoms with Gasteiger partial charge in [-0.2, -0.15) is 10.1 Å². The van der Waals surface area contributed by atoms with Crippen molar-refractivity contribution >= 4 is 23.9 Å². The standard InChI is InChI=1S/2C9H17NO3.2C9H16NO3.2Cu.2H2O/c4*1-8(2)5-6(7(11)12)9(3,4)10(8)13;;;;/h2*6,13H,5H2,1-4H3,(H,11,12);2*6H,5H2,1-4H3,(H,11,12);;;2*1H2/q;;2*-1;;;;/p+2. The fourth-order valence-corrected chi connectivity index (χ4v) is 8.66. The van der Waals surface area contributed by atoms with Gasteiger partial charge in [-0.3, -0.25) is 0 Å². The van der Waals surface area contributed by atoms with Crippen LogP contribution < -0.4 is 0 Å². The van der Waals surface area contributed by atoms with Crippen molar-refractivity contribution in [1.29, 1.82) is 0 Å². The first-order valence-corrected chi connectivity index (χ1v) is 17.7. The molecule has 4 unspecified atom stereocenters. The van der Waals surface area contributed by atoms with E-state index in [1.165, 1.54) is 10.1 Å². The van der Waals surface area contributed by atoms with Gasteiger partial charge in [0.05, 0.1) is 11.1 Å². The summed E-state index contributed by atoms with van der Waals surface area (Å²) in [4.78, 5) is 36.2. The molecule has 0 aliphatic carbocycles. The van der Waals surface area contributed by atoms with Crippen LogP contribution in [0.3, 0.4) is 0 Å². The number of carboxylic acid groups (broad SMARTS) is 4. The van der Waals surface area contributed by atoms with Gasteiger partial charge in [0.2, 0.25) is 0 Å². The van der Waals surface area contributed by atoms with Crippen molar-refractivity contribution in [3.05, 3.63) is 10.4 Å². The molecule has 0 bridgehead atoms. The summed E-state index contributed by atoms with van der Waals surface area (Å²) in [6.45, 7) is 28.8. The van der Waals surface area contributed by atoms with E-state index in [0.29, 0.717) is 25.7 Å². The molecule has 4 fully saturated rings. The topological polar surface area (TPSA) is 326 Å². The van der Waals surface area contributed by atoms with E-state index < -0.39 is 91.9 Å². The maximum absolute atomic E-state index is 11.7. The summed E-state index contributed by atoms with van der Waals surface area (Å²) in [5.41, 5.74) is -4.58. The van der Waals surface area contributed by atoms with E-state index in [0.717, 1.165) is 10.1 Å². The van der Waals surface area contributed by atoms with E-state index in [1.807, 2.05) is 55.4 Å². The van der Waals surface area contributed by atoms with Gasteiger partial charge in [0.15, 0.2) is 0 Å². The van der Waals surface area contributed by atoms with Gasteiger partial charge in [-0.25, -0.2) is 0 Å². The summed E-state index contributed by atoms with van der Waals surface area (Å²) >= 11 is 0. The van der Waals surface area contributed by atoms with E-state index >= 15 is 0 Å². The van der Waals surface area contributed by atoms with Gasteiger partial charge in [0.1, 0.15) is 23.7 Å². The molecule has 0 aromatic heterocycles. The quantitative estimate of drug-likeness (QED) is 0.158. The maximum Gasteiger partial charge on any atom is 0.485 e. The van der Waals surface area contributed by atoms with Crippen LogP contribution in [0.25, 0.3) is 0 Å². The molecule has 0 saturated carbocycles. The Labute approximate surface area is 353 Å². The van der Waals surface area contributed by atoms with Crippen LogP contribution in [-0.4, -0.2) is 149 Å². The minimum atomic E-state index is -0.734. The third kappa shape index (κ3) is 12.3. The summed E-state index contributed by atoms with van der Waals surface area (Å²) < 4.78 is 0. The Kier molecular flexibility index (Phi) is 21.5. The number of hydroxylamine groups is 8. The maximum atomic E-state index is 11.7. The first-order chi connectivity index (χ1) is 22.8. The molecule has 0 spiro atoms. The van der Waals surface area contributed by atoms with Crippen molar-refractivity contribution in [2.75, 3.05) is 0 Å². The molecule has 4 aliphatic rings. The monoisotopic (exact) mass is 910 g/mol. The Morgan fingerprint density at radius 2 is 0.571 bits per heavy atom. The Bertz CT molecular complexity index is 1160. The Morgan fingerprint density at radius 3 is 0.643 bits per heavy atom. The SMILES string of the molecule is CC1(C)CC(C(O)=[OH+])C(C)(C)N1O.CC1(C)CC(C(O)=[OH+])C(C)(C)N1O.CC1(C)CC(C(O)=[OH+])C(C)(C)N1[O-].CC1(C)CC(C(O)=[OH+])C(C)(C)N1[O-].[Cu].[Cu].[OH-].[OH-]. The average Bonchev–Trinajstić information content (AvgIpc) is 3.41. The molecule has 56 heavy (non-hydrogen) atoms. The van der Waals surface area contributed by atoms with Gasteiger partial charge >= 0.3 is 23.9 Å². The second kappa shape index (κ2) is 19.7. The van der Waals surface area contributed by atoms with Crippen LogP contribution in [0.4, 0.5) is 0 Å². The second-order valence-electron chi connectivity index (χ2n) is 19.5. The van der Waals surface area contributed by atoms with E-state index in [2.05, 4.69) is 0 Å². The second-order valence-corrected chi connectivity index (χ2v) is 19.5. The van der Waals surface area contributed by atoms with Crippen molar-refractivity contribution in [2.24, 2.45) is 23.7 Å². The number of hydrogen-bond acceptors (Lipinski definition) is 10. The average molecular weight is 912 g/mol.